The number of hydrogen-bond acceptors (Lipinski definition) is 4. The first-order valence-electron chi connectivity index (χ1n) is 5.28. The fourth-order valence-corrected chi connectivity index (χ4v) is 3.59. The summed E-state index contributed by atoms with van der Waals surface area (Å²) in [6.45, 7) is 6.03. The van der Waals surface area contributed by atoms with Gasteiger partial charge in [-0.3, -0.25) is 0 Å². The number of thiophene rings is 1. The lowest BCUT2D eigenvalue weighted by atomic mass is 10.2. The molecular weight excluding hydrogens is 242 g/mol. The molecule has 0 aliphatic carbocycles. The van der Waals surface area contributed by atoms with Gasteiger partial charge in [-0.2, -0.15) is 0 Å². The minimum Gasteiger partial charge on any atom is -0.306 e. The first-order valence-corrected chi connectivity index (χ1v) is 8.16. The Kier molecular flexibility index (Phi) is 4.52. The number of hydrogen-bond donors (Lipinski definition) is 1. The Morgan fingerprint density at radius 2 is 2.00 bits per heavy atom. The van der Waals surface area contributed by atoms with E-state index < -0.39 is 9.84 Å². The summed E-state index contributed by atoms with van der Waals surface area (Å²) in [7, 11) is -2.91. The molecule has 3 nitrogen and oxygen atoms in total. The molecule has 0 amide bonds. The lowest BCUT2D eigenvalue weighted by Gasteiger charge is -2.18. The molecule has 0 aliphatic heterocycles. The first kappa shape index (κ1) is 13.7. The van der Waals surface area contributed by atoms with Crippen LogP contribution in [-0.4, -0.2) is 26.5 Å². The summed E-state index contributed by atoms with van der Waals surface area (Å²) < 4.78 is 22.3. The van der Waals surface area contributed by atoms with E-state index in [1.807, 2.05) is 6.92 Å². The van der Waals surface area contributed by atoms with Gasteiger partial charge in [0.1, 0.15) is 9.84 Å². The number of sulfone groups is 1. The average Bonchev–Trinajstić information content (AvgIpc) is 2.47. The van der Waals surface area contributed by atoms with E-state index in [2.05, 4.69) is 31.3 Å². The third kappa shape index (κ3) is 4.63. The smallest absolute Gasteiger partial charge is 0.148 e. The summed E-state index contributed by atoms with van der Waals surface area (Å²) in [5.74, 6) is 0.182. The van der Waals surface area contributed by atoms with Gasteiger partial charge in [0.15, 0.2) is 0 Å². The van der Waals surface area contributed by atoms with Crippen molar-refractivity contribution in [2.24, 2.45) is 0 Å². The van der Waals surface area contributed by atoms with E-state index in [0.717, 1.165) is 0 Å². The fraction of sp³-hybridized carbons (Fsp3) is 0.636. The molecule has 1 aromatic heterocycles. The standard InChI is InChI=1S/C11H19NO2S2/c1-8(7-16(4,13)14)12-10(3)11-6-5-9(2)15-11/h5-6,8,10,12H,7H2,1-4H3. The summed E-state index contributed by atoms with van der Waals surface area (Å²) >= 11 is 1.74. The van der Waals surface area contributed by atoms with Gasteiger partial charge in [0, 0.05) is 28.1 Å². The Hall–Kier alpha value is -0.390. The molecule has 0 saturated carbocycles. The summed E-state index contributed by atoms with van der Waals surface area (Å²) in [4.78, 5) is 2.53. The third-order valence-corrected chi connectivity index (χ3v) is 4.56. The van der Waals surface area contributed by atoms with Crippen LogP contribution < -0.4 is 5.32 Å². The summed E-state index contributed by atoms with van der Waals surface area (Å²) in [5.41, 5.74) is 0. The van der Waals surface area contributed by atoms with Gasteiger partial charge in [-0.15, -0.1) is 11.3 Å². The van der Waals surface area contributed by atoms with Crippen LogP contribution >= 0.6 is 11.3 Å². The van der Waals surface area contributed by atoms with Crippen molar-refractivity contribution in [2.45, 2.75) is 32.9 Å². The van der Waals surface area contributed by atoms with Crippen molar-refractivity contribution >= 4 is 21.2 Å². The second-order valence-corrected chi connectivity index (χ2v) is 7.83. The molecule has 1 heterocycles. The van der Waals surface area contributed by atoms with E-state index in [1.165, 1.54) is 16.0 Å². The maximum absolute atomic E-state index is 11.1. The summed E-state index contributed by atoms with van der Waals surface area (Å²) in [5, 5.41) is 3.30. The van der Waals surface area contributed by atoms with E-state index in [1.54, 1.807) is 11.3 Å². The van der Waals surface area contributed by atoms with Crippen LogP contribution in [0.1, 0.15) is 29.6 Å². The molecule has 1 rings (SSSR count). The van der Waals surface area contributed by atoms with Crippen molar-refractivity contribution < 1.29 is 8.42 Å². The molecule has 0 saturated heterocycles. The van der Waals surface area contributed by atoms with Crippen LogP contribution in [0.3, 0.4) is 0 Å². The highest BCUT2D eigenvalue weighted by Crippen LogP contribution is 2.22. The van der Waals surface area contributed by atoms with E-state index in [4.69, 9.17) is 0 Å². The number of nitrogens with one attached hydrogen (secondary N) is 1. The van der Waals surface area contributed by atoms with Crippen molar-refractivity contribution in [3.63, 3.8) is 0 Å². The van der Waals surface area contributed by atoms with Crippen molar-refractivity contribution in [1.29, 1.82) is 0 Å². The monoisotopic (exact) mass is 261 g/mol. The second-order valence-electron chi connectivity index (χ2n) is 4.33. The largest absolute Gasteiger partial charge is 0.306 e. The van der Waals surface area contributed by atoms with Gasteiger partial charge < -0.3 is 5.32 Å². The van der Waals surface area contributed by atoms with Crippen molar-refractivity contribution in [1.82, 2.24) is 5.32 Å². The van der Waals surface area contributed by atoms with E-state index in [9.17, 15) is 8.42 Å². The van der Waals surface area contributed by atoms with Gasteiger partial charge in [-0.05, 0) is 32.9 Å². The van der Waals surface area contributed by atoms with Gasteiger partial charge >= 0.3 is 0 Å². The highest BCUT2D eigenvalue weighted by Gasteiger charge is 2.14. The molecule has 1 aromatic rings. The van der Waals surface area contributed by atoms with Gasteiger partial charge in [-0.25, -0.2) is 8.42 Å². The number of aryl methyl sites for hydroxylation is 1. The predicted octanol–water partition coefficient (Wildman–Crippen LogP) is 2.14. The Morgan fingerprint density at radius 3 is 2.44 bits per heavy atom. The first-order chi connectivity index (χ1) is 7.28. The van der Waals surface area contributed by atoms with Crippen molar-refractivity contribution in [2.75, 3.05) is 12.0 Å². The third-order valence-electron chi connectivity index (χ3n) is 2.28. The van der Waals surface area contributed by atoms with E-state index in [-0.39, 0.29) is 17.8 Å². The van der Waals surface area contributed by atoms with Crippen LogP contribution in [0.15, 0.2) is 12.1 Å². The maximum Gasteiger partial charge on any atom is 0.148 e. The molecule has 0 aromatic carbocycles. The molecule has 0 fully saturated rings. The lowest BCUT2D eigenvalue weighted by Crippen LogP contribution is -2.34. The van der Waals surface area contributed by atoms with Crippen LogP contribution in [0.5, 0.6) is 0 Å². The molecule has 2 atom stereocenters. The van der Waals surface area contributed by atoms with Crippen LogP contribution in [0, 0.1) is 6.92 Å². The minimum atomic E-state index is -2.91. The van der Waals surface area contributed by atoms with Gasteiger partial charge in [0.05, 0.1) is 5.75 Å². The predicted molar refractivity (Wildman–Crippen MR) is 69.8 cm³/mol. The molecule has 5 heteroatoms. The maximum atomic E-state index is 11.1. The van der Waals surface area contributed by atoms with Crippen LogP contribution in [-0.2, 0) is 9.84 Å². The zero-order valence-electron chi connectivity index (χ0n) is 10.1. The molecule has 16 heavy (non-hydrogen) atoms. The molecule has 1 N–H and O–H groups in total. The quantitative estimate of drug-likeness (QED) is 0.883. The molecule has 2 unspecified atom stereocenters. The molecule has 0 radical (unpaired) electrons. The fourth-order valence-electron chi connectivity index (χ4n) is 1.70. The topological polar surface area (TPSA) is 46.2 Å². The highest BCUT2D eigenvalue weighted by molar-refractivity contribution is 7.90. The zero-order valence-corrected chi connectivity index (χ0v) is 11.8. The summed E-state index contributed by atoms with van der Waals surface area (Å²) in [6.07, 6.45) is 1.27. The Balaban J connectivity index is 2.55. The SMILES string of the molecule is Cc1ccc(C(C)NC(C)CS(C)(=O)=O)s1. The normalized spacial score (nSPS) is 16.0. The molecular formula is C11H19NO2S2. The van der Waals surface area contributed by atoms with Gasteiger partial charge in [0.25, 0.3) is 0 Å². The minimum absolute atomic E-state index is 0.0209. The second kappa shape index (κ2) is 5.29. The molecule has 92 valence electrons. The van der Waals surface area contributed by atoms with Crippen molar-refractivity contribution in [3.8, 4) is 0 Å². The molecule has 0 aliphatic rings. The average molecular weight is 261 g/mol. The Bertz CT molecular complexity index is 437. The van der Waals surface area contributed by atoms with Crippen LogP contribution in [0.25, 0.3) is 0 Å². The Morgan fingerprint density at radius 1 is 1.38 bits per heavy atom. The molecule has 0 bridgehead atoms. The van der Waals surface area contributed by atoms with E-state index in [0.29, 0.717) is 0 Å². The molecule has 0 spiro atoms. The van der Waals surface area contributed by atoms with Crippen LogP contribution in [0.2, 0.25) is 0 Å². The Labute approximate surface area is 102 Å². The van der Waals surface area contributed by atoms with E-state index >= 15 is 0 Å². The van der Waals surface area contributed by atoms with Crippen LogP contribution in [0.4, 0.5) is 0 Å². The highest BCUT2D eigenvalue weighted by atomic mass is 32.2. The lowest BCUT2D eigenvalue weighted by molar-refractivity contribution is 0.505. The summed E-state index contributed by atoms with van der Waals surface area (Å²) in [6, 6.07) is 4.35. The van der Waals surface area contributed by atoms with Gasteiger partial charge in [0.2, 0.25) is 0 Å². The van der Waals surface area contributed by atoms with Gasteiger partial charge in [-0.1, -0.05) is 0 Å². The number of rotatable bonds is 5. The zero-order chi connectivity index (χ0) is 12.3. The van der Waals surface area contributed by atoms with Crippen molar-refractivity contribution in [3.05, 3.63) is 21.9 Å².